The molecule has 3 N–H and O–H groups in total. The summed E-state index contributed by atoms with van der Waals surface area (Å²) >= 11 is 0. The van der Waals surface area contributed by atoms with Crippen LogP contribution in [0.15, 0.2) is 76.0 Å². The number of aryl methyl sites for hydroxylation is 1. The van der Waals surface area contributed by atoms with Crippen molar-refractivity contribution in [1.29, 1.82) is 0 Å². The van der Waals surface area contributed by atoms with Crippen LogP contribution in [0.1, 0.15) is 55.5 Å². The molecule has 1 unspecified atom stereocenters. The third-order valence-corrected chi connectivity index (χ3v) is 8.86. The molecular weight excluding hydrogens is 572 g/mol. The van der Waals surface area contributed by atoms with Crippen LogP contribution in [-0.2, 0) is 24.3 Å². The van der Waals surface area contributed by atoms with Crippen LogP contribution in [0.2, 0.25) is 0 Å². The number of nitrogens with one attached hydrogen (secondary N) is 2. The number of carbonyl (C=O) groups is 2. The fraction of sp³-hybridized carbons (Fsp3) is 0.312. The Bertz CT molecular complexity index is 1770. The molecule has 226 valence electrons. The molecule has 3 aromatic carbocycles. The number of furan rings is 1. The van der Waals surface area contributed by atoms with Crippen LogP contribution < -0.4 is 10.0 Å². The van der Waals surface area contributed by atoms with Gasteiger partial charge in [0.25, 0.3) is 5.91 Å². The molecule has 0 spiro atoms. The summed E-state index contributed by atoms with van der Waals surface area (Å²) in [6.07, 6.45) is -0.273. The Morgan fingerprint density at radius 3 is 2.16 bits per heavy atom. The lowest BCUT2D eigenvalue weighted by Crippen LogP contribution is -2.44. The van der Waals surface area contributed by atoms with Gasteiger partial charge in [-0.05, 0) is 73.7 Å². The molecule has 0 saturated carbocycles. The summed E-state index contributed by atoms with van der Waals surface area (Å²) in [5.74, 6) is -2.53. The van der Waals surface area contributed by atoms with Crippen molar-refractivity contribution in [2.75, 3.05) is 11.9 Å². The molecule has 4 aromatic rings. The van der Waals surface area contributed by atoms with Gasteiger partial charge in [0, 0.05) is 16.6 Å². The number of benzene rings is 3. The first-order chi connectivity index (χ1) is 20.3. The number of sulfonamides is 1. The fourth-order valence-electron chi connectivity index (χ4n) is 5.13. The highest BCUT2D eigenvalue weighted by Crippen LogP contribution is 2.39. The minimum atomic E-state index is -4.02. The molecule has 1 aliphatic rings. The van der Waals surface area contributed by atoms with E-state index >= 15 is 0 Å². The number of carboxylic acids is 1. The molecule has 1 fully saturated rings. The van der Waals surface area contributed by atoms with E-state index in [-0.39, 0.29) is 22.7 Å². The summed E-state index contributed by atoms with van der Waals surface area (Å²) < 4.78 is 45.5. The van der Waals surface area contributed by atoms with Crippen LogP contribution in [0.25, 0.3) is 22.1 Å². The lowest BCUT2D eigenvalue weighted by atomic mass is 10.0. The molecule has 2 atom stereocenters. The Hall–Kier alpha value is -4.03. The molecule has 5 rings (SSSR count). The van der Waals surface area contributed by atoms with Gasteiger partial charge in [0.05, 0.1) is 11.5 Å². The number of amides is 1. The zero-order valence-corrected chi connectivity index (χ0v) is 25.3. The van der Waals surface area contributed by atoms with Gasteiger partial charge in [-0.3, -0.25) is 9.59 Å². The van der Waals surface area contributed by atoms with Crippen LogP contribution in [0.5, 0.6) is 0 Å². The summed E-state index contributed by atoms with van der Waals surface area (Å²) in [4.78, 5) is 24.6. The van der Waals surface area contributed by atoms with Gasteiger partial charge in [0.2, 0.25) is 10.0 Å². The maximum atomic E-state index is 13.2. The van der Waals surface area contributed by atoms with Gasteiger partial charge in [-0.15, -0.1) is 0 Å². The number of fused-ring (bicyclic) bond motifs is 1. The zero-order valence-electron chi connectivity index (χ0n) is 24.5. The van der Waals surface area contributed by atoms with Crippen LogP contribution in [0.3, 0.4) is 0 Å². The Morgan fingerprint density at radius 2 is 1.60 bits per heavy atom. The second kappa shape index (κ2) is 11.6. The SMILES string of the molecule is Cc1c(C(=O)Nc2ccc(-c3ccc(S(=O)(=O)N[C@H](C(=O)O)C(C)C)cc3)cc2)oc2cccc(C3COC(C)(C)O3)c12. The van der Waals surface area contributed by atoms with Crippen LogP contribution in [0, 0.1) is 12.8 Å². The van der Waals surface area contributed by atoms with E-state index in [0.717, 1.165) is 22.1 Å². The topological polar surface area (TPSA) is 144 Å². The van der Waals surface area contributed by atoms with Crippen molar-refractivity contribution in [3.63, 3.8) is 0 Å². The molecule has 10 nitrogen and oxygen atoms in total. The van der Waals surface area contributed by atoms with Gasteiger partial charge in [0.1, 0.15) is 17.7 Å². The van der Waals surface area contributed by atoms with Crippen LogP contribution >= 0.6 is 0 Å². The van der Waals surface area contributed by atoms with Gasteiger partial charge in [-0.25, -0.2) is 8.42 Å². The van der Waals surface area contributed by atoms with Gasteiger partial charge < -0.3 is 24.3 Å². The Balaban J connectivity index is 1.30. The molecule has 1 aliphatic heterocycles. The van der Waals surface area contributed by atoms with Crippen LogP contribution in [-0.4, -0.2) is 43.8 Å². The monoisotopic (exact) mass is 606 g/mol. The maximum Gasteiger partial charge on any atom is 0.322 e. The lowest BCUT2D eigenvalue weighted by Gasteiger charge is -2.18. The first-order valence-electron chi connectivity index (χ1n) is 13.9. The zero-order chi connectivity index (χ0) is 31.1. The van der Waals surface area contributed by atoms with Gasteiger partial charge in [0.15, 0.2) is 11.5 Å². The molecule has 0 bridgehead atoms. The van der Waals surface area contributed by atoms with Crippen molar-refractivity contribution in [1.82, 2.24) is 4.72 Å². The quantitative estimate of drug-likeness (QED) is 0.215. The van der Waals surface area contributed by atoms with E-state index in [0.29, 0.717) is 23.4 Å². The number of rotatable bonds is 9. The third-order valence-electron chi connectivity index (χ3n) is 7.40. The number of aliphatic carboxylic acids is 1. The van der Waals surface area contributed by atoms with Gasteiger partial charge >= 0.3 is 5.97 Å². The summed E-state index contributed by atoms with van der Waals surface area (Å²) in [5, 5.41) is 13.0. The van der Waals surface area contributed by atoms with E-state index in [4.69, 9.17) is 13.9 Å². The van der Waals surface area contributed by atoms with E-state index in [1.54, 1.807) is 50.2 Å². The molecule has 0 radical (unpaired) electrons. The normalized spacial score (nSPS) is 17.3. The molecule has 1 saturated heterocycles. The van der Waals surface area contributed by atoms with Crippen molar-refractivity contribution in [3.8, 4) is 11.1 Å². The Morgan fingerprint density at radius 1 is 0.977 bits per heavy atom. The first-order valence-corrected chi connectivity index (χ1v) is 15.3. The van der Waals surface area contributed by atoms with Gasteiger partial charge in [-0.1, -0.05) is 50.2 Å². The van der Waals surface area contributed by atoms with Crippen molar-refractivity contribution >= 4 is 38.6 Å². The van der Waals surface area contributed by atoms with E-state index in [1.165, 1.54) is 12.1 Å². The van der Waals surface area contributed by atoms with Gasteiger partial charge in [-0.2, -0.15) is 4.72 Å². The number of carboxylic acid groups (broad SMARTS) is 1. The van der Waals surface area contributed by atoms with E-state index < -0.39 is 33.7 Å². The maximum absolute atomic E-state index is 13.2. The standard InChI is InChI=1S/C32H34N2O8S/c1-18(2)28(31(36)37)34-43(38,39)23-15-11-21(12-16-23)20-9-13-22(14-10-20)33-30(35)29-19(3)27-24(7-6-8-25(27)41-29)26-17-40-32(4,5)42-26/h6-16,18,26,28,34H,17H2,1-5H3,(H,33,35)(H,36,37)/t26?,28-/m0/s1. The number of carbonyl (C=O) groups excluding carboxylic acids is 1. The summed E-state index contributed by atoms with van der Waals surface area (Å²) in [5.41, 5.74) is 4.31. The molecule has 0 aliphatic carbocycles. The van der Waals surface area contributed by atoms with Crippen molar-refractivity contribution in [2.24, 2.45) is 5.92 Å². The second-order valence-electron chi connectivity index (χ2n) is 11.3. The van der Waals surface area contributed by atoms with E-state index in [9.17, 15) is 23.1 Å². The van der Waals surface area contributed by atoms with E-state index in [2.05, 4.69) is 10.0 Å². The number of hydrogen-bond acceptors (Lipinski definition) is 7. The summed E-state index contributed by atoms with van der Waals surface area (Å²) in [6.45, 7) is 9.24. The average molecular weight is 607 g/mol. The van der Waals surface area contributed by atoms with Crippen molar-refractivity contribution < 1.29 is 37.0 Å². The molecule has 43 heavy (non-hydrogen) atoms. The largest absolute Gasteiger partial charge is 0.480 e. The third kappa shape index (κ3) is 6.35. The second-order valence-corrected chi connectivity index (χ2v) is 13.0. The Kier molecular flexibility index (Phi) is 8.19. The molecule has 11 heteroatoms. The summed E-state index contributed by atoms with van der Waals surface area (Å²) in [6, 6.07) is 17.6. The highest BCUT2D eigenvalue weighted by Gasteiger charge is 2.35. The van der Waals surface area contributed by atoms with Crippen LogP contribution in [0.4, 0.5) is 5.69 Å². The number of hydrogen-bond donors (Lipinski definition) is 3. The number of ether oxygens (including phenoxy) is 2. The minimum Gasteiger partial charge on any atom is -0.480 e. The van der Waals surface area contributed by atoms with Crippen molar-refractivity contribution in [3.05, 3.63) is 83.6 Å². The average Bonchev–Trinajstić information content (AvgIpc) is 3.50. The fourth-order valence-corrected chi connectivity index (χ4v) is 6.46. The first kappa shape index (κ1) is 30.4. The summed E-state index contributed by atoms with van der Waals surface area (Å²) in [7, 11) is -4.02. The highest BCUT2D eigenvalue weighted by molar-refractivity contribution is 7.89. The minimum absolute atomic E-state index is 0.0351. The highest BCUT2D eigenvalue weighted by atomic mass is 32.2. The Labute approximate surface area is 250 Å². The molecule has 1 aromatic heterocycles. The molecule has 1 amide bonds. The molecule has 2 heterocycles. The lowest BCUT2D eigenvalue weighted by molar-refractivity contribution is -0.140. The van der Waals surface area contributed by atoms with E-state index in [1.807, 2.05) is 39.0 Å². The number of anilines is 1. The van der Waals surface area contributed by atoms with Crippen molar-refractivity contribution in [2.45, 2.75) is 57.4 Å². The molecular formula is C32H34N2O8S. The predicted molar refractivity (Wildman–Crippen MR) is 161 cm³/mol. The predicted octanol–water partition coefficient (Wildman–Crippen LogP) is 5.87. The smallest absolute Gasteiger partial charge is 0.322 e.